The lowest BCUT2D eigenvalue weighted by Gasteiger charge is -1.99. The third-order valence-electron chi connectivity index (χ3n) is 3.45. The minimum absolute atomic E-state index is 0.159. The molecule has 3 heterocycles. The van der Waals surface area contributed by atoms with Crippen molar-refractivity contribution in [3.05, 3.63) is 58.4 Å². The maximum atomic E-state index is 11.9. The predicted molar refractivity (Wildman–Crippen MR) is 96.8 cm³/mol. The predicted octanol–water partition coefficient (Wildman–Crippen LogP) is 4.36. The Morgan fingerprint density at radius 2 is 2.16 bits per heavy atom. The zero-order valence-corrected chi connectivity index (χ0v) is 14.6. The third-order valence-corrected chi connectivity index (χ3v) is 5.38. The summed E-state index contributed by atoms with van der Waals surface area (Å²) in [5.74, 6) is 0.979. The smallest absolute Gasteiger partial charge is 0.331 e. The van der Waals surface area contributed by atoms with Gasteiger partial charge in [-0.2, -0.15) is 0 Å². The molecular weight excluding hydrogens is 358 g/mol. The number of esters is 1. The summed E-state index contributed by atoms with van der Waals surface area (Å²) >= 11 is 3.18. The van der Waals surface area contributed by atoms with E-state index in [9.17, 15) is 4.79 Å². The molecule has 0 amide bonds. The number of aromatic nitrogens is 1. The van der Waals surface area contributed by atoms with Crippen LogP contribution >= 0.6 is 22.7 Å². The van der Waals surface area contributed by atoms with E-state index in [1.807, 2.05) is 41.1 Å². The number of carbonyl (C=O) groups excluding carboxylic acids is 1. The number of ether oxygens (including phenoxy) is 3. The summed E-state index contributed by atoms with van der Waals surface area (Å²) < 4.78 is 15.8. The van der Waals surface area contributed by atoms with Crippen LogP contribution in [0.15, 0.2) is 47.2 Å². The highest BCUT2D eigenvalue weighted by Gasteiger charge is 2.12. The van der Waals surface area contributed by atoms with E-state index in [2.05, 4.69) is 4.98 Å². The van der Waals surface area contributed by atoms with Crippen LogP contribution < -0.4 is 9.47 Å². The van der Waals surface area contributed by atoms with Crippen LogP contribution in [0, 0.1) is 0 Å². The number of nitrogens with zero attached hydrogens (tertiary/aromatic N) is 1. The number of thiazole rings is 1. The van der Waals surface area contributed by atoms with Crippen LogP contribution in [0.25, 0.3) is 16.0 Å². The monoisotopic (exact) mass is 371 g/mol. The van der Waals surface area contributed by atoms with Crippen molar-refractivity contribution < 1.29 is 19.0 Å². The fourth-order valence-corrected chi connectivity index (χ4v) is 3.88. The molecule has 1 aliphatic rings. The van der Waals surface area contributed by atoms with Gasteiger partial charge in [-0.25, -0.2) is 9.78 Å². The molecule has 0 aliphatic carbocycles. The van der Waals surface area contributed by atoms with Gasteiger partial charge in [-0.05, 0) is 35.2 Å². The van der Waals surface area contributed by atoms with Gasteiger partial charge in [-0.1, -0.05) is 12.1 Å². The average Bonchev–Trinajstić information content (AvgIpc) is 3.38. The van der Waals surface area contributed by atoms with Crippen molar-refractivity contribution in [2.75, 3.05) is 6.79 Å². The summed E-state index contributed by atoms with van der Waals surface area (Å²) in [6.45, 7) is 0.387. The van der Waals surface area contributed by atoms with Crippen LogP contribution in [-0.4, -0.2) is 17.7 Å². The van der Waals surface area contributed by atoms with Crippen molar-refractivity contribution in [3.8, 4) is 21.4 Å². The van der Waals surface area contributed by atoms with Gasteiger partial charge < -0.3 is 14.2 Å². The SMILES string of the molecule is O=C(/C=C/c1ccc2c(c1)OCO2)OCc1csc(-c2cccs2)n1. The number of rotatable bonds is 5. The number of thiophene rings is 1. The van der Waals surface area contributed by atoms with E-state index >= 15 is 0 Å². The Bertz CT molecular complexity index is 915. The van der Waals surface area contributed by atoms with Crippen molar-refractivity contribution in [2.45, 2.75) is 6.61 Å². The molecule has 1 aliphatic heterocycles. The van der Waals surface area contributed by atoms with E-state index in [4.69, 9.17) is 14.2 Å². The topological polar surface area (TPSA) is 57.7 Å². The fourth-order valence-electron chi connectivity index (χ4n) is 2.26. The molecular formula is C18H13NO4S2. The lowest BCUT2D eigenvalue weighted by atomic mass is 10.2. The van der Waals surface area contributed by atoms with Crippen LogP contribution in [0.5, 0.6) is 11.5 Å². The molecule has 3 aromatic rings. The summed E-state index contributed by atoms with van der Waals surface area (Å²) in [5.41, 5.74) is 1.59. The molecule has 25 heavy (non-hydrogen) atoms. The Balaban J connectivity index is 1.33. The molecule has 1 aromatic carbocycles. The van der Waals surface area contributed by atoms with Gasteiger partial charge >= 0.3 is 5.97 Å². The molecule has 0 fully saturated rings. The zero-order valence-electron chi connectivity index (χ0n) is 13.0. The largest absolute Gasteiger partial charge is 0.456 e. The first-order valence-electron chi connectivity index (χ1n) is 7.51. The van der Waals surface area contributed by atoms with Crippen molar-refractivity contribution >= 4 is 34.7 Å². The highest BCUT2D eigenvalue weighted by atomic mass is 32.1. The highest BCUT2D eigenvalue weighted by Crippen LogP contribution is 2.32. The Kier molecular flexibility index (Phi) is 4.49. The molecule has 0 N–H and O–H groups in total. The molecule has 0 bridgehead atoms. The summed E-state index contributed by atoms with van der Waals surface area (Å²) in [6, 6.07) is 9.50. The quantitative estimate of drug-likeness (QED) is 0.493. The van der Waals surface area contributed by atoms with Gasteiger partial charge in [0, 0.05) is 11.5 Å². The van der Waals surface area contributed by atoms with Crippen LogP contribution in [0.3, 0.4) is 0 Å². The maximum absolute atomic E-state index is 11.9. The minimum Gasteiger partial charge on any atom is -0.456 e. The molecule has 0 spiro atoms. The van der Waals surface area contributed by atoms with Crippen LogP contribution in [0.1, 0.15) is 11.3 Å². The minimum atomic E-state index is -0.414. The molecule has 0 saturated heterocycles. The summed E-state index contributed by atoms with van der Waals surface area (Å²) in [4.78, 5) is 17.5. The number of hydrogen-bond donors (Lipinski definition) is 0. The van der Waals surface area contributed by atoms with E-state index in [0.29, 0.717) is 11.5 Å². The second-order valence-electron chi connectivity index (χ2n) is 5.18. The first kappa shape index (κ1) is 15.9. The number of hydrogen-bond acceptors (Lipinski definition) is 7. The second-order valence-corrected chi connectivity index (χ2v) is 6.98. The summed E-state index contributed by atoms with van der Waals surface area (Å²) in [7, 11) is 0. The molecule has 0 unspecified atom stereocenters. The van der Waals surface area contributed by atoms with E-state index in [1.165, 1.54) is 6.08 Å². The van der Waals surface area contributed by atoms with E-state index in [0.717, 1.165) is 21.1 Å². The molecule has 0 radical (unpaired) electrons. The molecule has 5 nitrogen and oxygen atoms in total. The van der Waals surface area contributed by atoms with Crippen LogP contribution in [-0.2, 0) is 16.1 Å². The van der Waals surface area contributed by atoms with Gasteiger partial charge in [-0.3, -0.25) is 0 Å². The van der Waals surface area contributed by atoms with E-state index < -0.39 is 5.97 Å². The Morgan fingerprint density at radius 1 is 1.24 bits per heavy atom. The number of fused-ring (bicyclic) bond motifs is 1. The van der Waals surface area contributed by atoms with Crippen molar-refractivity contribution in [1.82, 2.24) is 4.98 Å². The fraction of sp³-hybridized carbons (Fsp3) is 0.111. The van der Waals surface area contributed by atoms with Gasteiger partial charge in [0.25, 0.3) is 0 Å². The lowest BCUT2D eigenvalue weighted by molar-refractivity contribution is -0.139. The average molecular weight is 371 g/mol. The molecule has 7 heteroatoms. The van der Waals surface area contributed by atoms with Gasteiger partial charge in [-0.15, -0.1) is 22.7 Å². The second kappa shape index (κ2) is 7.08. The van der Waals surface area contributed by atoms with Gasteiger partial charge in [0.1, 0.15) is 11.6 Å². The number of carbonyl (C=O) groups is 1. The zero-order chi connectivity index (χ0) is 17.1. The van der Waals surface area contributed by atoms with Gasteiger partial charge in [0.15, 0.2) is 11.5 Å². The maximum Gasteiger partial charge on any atom is 0.331 e. The Hall–Kier alpha value is -2.64. The molecule has 2 aromatic heterocycles. The van der Waals surface area contributed by atoms with Gasteiger partial charge in [0.05, 0.1) is 10.6 Å². The number of benzene rings is 1. The van der Waals surface area contributed by atoms with E-state index in [-0.39, 0.29) is 13.4 Å². The standard InChI is InChI=1S/C18H13NO4S2/c20-17(6-4-12-3-5-14-15(8-12)23-11-22-14)21-9-13-10-25-18(19-13)16-2-1-7-24-16/h1-8,10H,9,11H2/b6-4+. The summed E-state index contributed by atoms with van der Waals surface area (Å²) in [5, 5.41) is 4.86. The third kappa shape index (κ3) is 3.72. The van der Waals surface area contributed by atoms with Gasteiger partial charge in [0.2, 0.25) is 6.79 Å². The highest BCUT2D eigenvalue weighted by molar-refractivity contribution is 7.20. The lowest BCUT2D eigenvalue weighted by Crippen LogP contribution is -2.00. The van der Waals surface area contributed by atoms with Crippen molar-refractivity contribution in [2.24, 2.45) is 0 Å². The molecule has 0 saturated carbocycles. The van der Waals surface area contributed by atoms with E-state index in [1.54, 1.807) is 28.7 Å². The molecule has 0 atom stereocenters. The van der Waals surface area contributed by atoms with Crippen LogP contribution in [0.2, 0.25) is 0 Å². The first-order chi connectivity index (χ1) is 12.3. The van der Waals surface area contributed by atoms with Crippen molar-refractivity contribution in [1.29, 1.82) is 0 Å². The summed E-state index contributed by atoms with van der Waals surface area (Å²) in [6.07, 6.45) is 3.08. The molecule has 4 rings (SSSR count). The van der Waals surface area contributed by atoms with Crippen LogP contribution in [0.4, 0.5) is 0 Å². The van der Waals surface area contributed by atoms with Crippen molar-refractivity contribution in [3.63, 3.8) is 0 Å². The first-order valence-corrected chi connectivity index (χ1v) is 9.26. The molecule has 126 valence electrons. The Morgan fingerprint density at radius 3 is 3.04 bits per heavy atom. The Labute approximate surface area is 152 Å². The normalized spacial score (nSPS) is 12.6.